The zero-order chi connectivity index (χ0) is 8.97. The number of nitrogens with zero attached hydrogens (tertiary/aromatic N) is 1. The van der Waals surface area contributed by atoms with Gasteiger partial charge in [-0.2, -0.15) is 0 Å². The molecule has 0 amide bonds. The molecule has 12 heavy (non-hydrogen) atoms. The fourth-order valence-corrected chi connectivity index (χ4v) is 1.48. The summed E-state index contributed by atoms with van der Waals surface area (Å²) in [6, 6.07) is -0.0799. The number of hydrogen-bond donors (Lipinski definition) is 0. The highest BCUT2D eigenvalue weighted by Crippen LogP contribution is 2.11. The fraction of sp³-hybridized carbons (Fsp3) is 0.778. The van der Waals surface area contributed by atoms with Gasteiger partial charge in [0.2, 0.25) is 0 Å². The molecule has 3 heteroatoms. The molecule has 1 unspecified atom stereocenters. The normalized spacial score (nSPS) is 21.8. The molecule has 1 aliphatic rings. The minimum Gasteiger partial charge on any atom is -0.468 e. The van der Waals surface area contributed by atoms with Crippen molar-refractivity contribution in [1.29, 1.82) is 0 Å². The minimum absolute atomic E-state index is 0.0799. The highest BCUT2D eigenvalue weighted by Gasteiger charge is 2.22. The Bertz CT molecular complexity index is 153. The number of methoxy groups -OCH3 is 1. The highest BCUT2D eigenvalue weighted by molar-refractivity contribution is 5.75. The summed E-state index contributed by atoms with van der Waals surface area (Å²) in [5, 5.41) is 0. The van der Waals surface area contributed by atoms with Crippen LogP contribution in [0.25, 0.3) is 0 Å². The van der Waals surface area contributed by atoms with Crippen molar-refractivity contribution in [1.82, 2.24) is 4.90 Å². The van der Waals surface area contributed by atoms with Crippen LogP contribution in [0, 0.1) is 6.42 Å². The Morgan fingerprint density at radius 2 is 2.08 bits per heavy atom. The van der Waals surface area contributed by atoms with Gasteiger partial charge < -0.3 is 4.74 Å². The summed E-state index contributed by atoms with van der Waals surface area (Å²) >= 11 is 0. The van der Waals surface area contributed by atoms with Crippen molar-refractivity contribution in [2.45, 2.75) is 25.8 Å². The van der Waals surface area contributed by atoms with Crippen LogP contribution in [0.2, 0.25) is 0 Å². The average molecular weight is 170 g/mol. The molecule has 0 aromatic carbocycles. The van der Waals surface area contributed by atoms with Gasteiger partial charge in [-0.05, 0) is 39.3 Å². The topological polar surface area (TPSA) is 29.5 Å². The molecular formula is C9H16NO2. The van der Waals surface area contributed by atoms with Crippen molar-refractivity contribution in [3.05, 3.63) is 6.42 Å². The van der Waals surface area contributed by atoms with Crippen molar-refractivity contribution in [3.8, 4) is 0 Å². The Hall–Kier alpha value is -0.570. The Morgan fingerprint density at radius 3 is 2.58 bits per heavy atom. The van der Waals surface area contributed by atoms with E-state index in [1.807, 2.05) is 6.92 Å². The molecular weight excluding hydrogens is 154 g/mol. The van der Waals surface area contributed by atoms with Crippen molar-refractivity contribution in [3.63, 3.8) is 0 Å². The third kappa shape index (κ3) is 2.21. The molecule has 1 aliphatic heterocycles. The maximum Gasteiger partial charge on any atom is 0.322 e. The summed E-state index contributed by atoms with van der Waals surface area (Å²) in [5.74, 6) is -0.128. The summed E-state index contributed by atoms with van der Waals surface area (Å²) in [6.45, 7) is 3.86. The monoisotopic (exact) mass is 170 g/mol. The molecule has 0 bridgehead atoms. The first-order valence-corrected chi connectivity index (χ1v) is 4.39. The molecule has 0 spiro atoms. The van der Waals surface area contributed by atoms with E-state index < -0.39 is 0 Å². The van der Waals surface area contributed by atoms with Gasteiger partial charge in [0.25, 0.3) is 0 Å². The molecule has 1 atom stereocenters. The zero-order valence-electron chi connectivity index (χ0n) is 7.75. The van der Waals surface area contributed by atoms with Gasteiger partial charge in [-0.1, -0.05) is 0 Å². The standard InChI is InChI=1S/C9H16NO2/c1-8(9(11)12-2)10-6-4-3-5-7-10/h3,8H,4-7H2,1-2H3. The van der Waals surface area contributed by atoms with Crippen molar-refractivity contribution < 1.29 is 9.53 Å². The lowest BCUT2D eigenvalue weighted by Crippen LogP contribution is -2.42. The molecule has 0 aromatic rings. The number of hydrogen-bond acceptors (Lipinski definition) is 3. The van der Waals surface area contributed by atoms with Gasteiger partial charge in [-0.3, -0.25) is 9.69 Å². The van der Waals surface area contributed by atoms with Crippen LogP contribution in [0.15, 0.2) is 0 Å². The van der Waals surface area contributed by atoms with Gasteiger partial charge in [0.05, 0.1) is 7.11 Å². The van der Waals surface area contributed by atoms with Crippen molar-refractivity contribution in [2.24, 2.45) is 0 Å². The summed E-state index contributed by atoms with van der Waals surface area (Å²) in [5.41, 5.74) is 0. The third-order valence-electron chi connectivity index (χ3n) is 2.33. The Balaban J connectivity index is 2.39. The predicted molar refractivity (Wildman–Crippen MR) is 46.6 cm³/mol. The number of carbonyl (C=O) groups excluding carboxylic acids is 1. The number of piperidine rings is 1. The molecule has 3 nitrogen and oxygen atoms in total. The Labute approximate surface area is 73.7 Å². The Kier molecular flexibility index (Phi) is 3.53. The molecule has 0 saturated carbocycles. The van der Waals surface area contributed by atoms with Crippen LogP contribution in [-0.2, 0) is 9.53 Å². The van der Waals surface area contributed by atoms with Crippen LogP contribution in [0.5, 0.6) is 0 Å². The number of esters is 1. The van der Waals surface area contributed by atoms with Gasteiger partial charge >= 0.3 is 5.97 Å². The van der Waals surface area contributed by atoms with Crippen LogP contribution in [-0.4, -0.2) is 37.1 Å². The zero-order valence-corrected chi connectivity index (χ0v) is 7.75. The van der Waals surface area contributed by atoms with Crippen LogP contribution in [0.4, 0.5) is 0 Å². The predicted octanol–water partition coefficient (Wildman–Crippen LogP) is 0.848. The van der Waals surface area contributed by atoms with Crippen molar-refractivity contribution >= 4 is 5.97 Å². The quantitative estimate of drug-likeness (QED) is 0.575. The summed E-state index contributed by atoms with van der Waals surface area (Å²) < 4.78 is 4.67. The van der Waals surface area contributed by atoms with E-state index in [1.54, 1.807) is 0 Å². The van der Waals surface area contributed by atoms with Crippen LogP contribution in [0.1, 0.15) is 19.8 Å². The molecule has 69 valence electrons. The lowest BCUT2D eigenvalue weighted by Gasteiger charge is -2.30. The van der Waals surface area contributed by atoms with E-state index in [9.17, 15) is 4.79 Å². The number of ether oxygens (including phenoxy) is 1. The summed E-state index contributed by atoms with van der Waals surface area (Å²) in [6.07, 6.45) is 4.43. The lowest BCUT2D eigenvalue weighted by molar-refractivity contribution is -0.146. The largest absolute Gasteiger partial charge is 0.468 e. The Morgan fingerprint density at radius 1 is 1.50 bits per heavy atom. The smallest absolute Gasteiger partial charge is 0.322 e. The summed E-state index contributed by atoms with van der Waals surface area (Å²) in [7, 11) is 1.44. The highest BCUT2D eigenvalue weighted by atomic mass is 16.5. The van der Waals surface area contributed by atoms with Crippen LogP contribution >= 0.6 is 0 Å². The van der Waals surface area contributed by atoms with Gasteiger partial charge in [-0.15, -0.1) is 0 Å². The van der Waals surface area contributed by atoms with Crippen molar-refractivity contribution in [2.75, 3.05) is 20.2 Å². The van der Waals surface area contributed by atoms with Crippen LogP contribution < -0.4 is 0 Å². The average Bonchev–Trinajstić information content (AvgIpc) is 2.17. The third-order valence-corrected chi connectivity index (χ3v) is 2.33. The molecule has 0 aromatic heterocycles. The molecule has 0 N–H and O–H groups in total. The fourth-order valence-electron chi connectivity index (χ4n) is 1.48. The van der Waals surface area contributed by atoms with E-state index in [2.05, 4.69) is 16.1 Å². The van der Waals surface area contributed by atoms with E-state index in [4.69, 9.17) is 0 Å². The van der Waals surface area contributed by atoms with E-state index in [-0.39, 0.29) is 12.0 Å². The first-order chi connectivity index (χ1) is 5.75. The van der Waals surface area contributed by atoms with E-state index in [1.165, 1.54) is 7.11 Å². The molecule has 1 rings (SSSR count). The minimum atomic E-state index is -0.128. The molecule has 0 aliphatic carbocycles. The second kappa shape index (κ2) is 4.45. The van der Waals surface area contributed by atoms with E-state index >= 15 is 0 Å². The van der Waals surface area contributed by atoms with E-state index in [0.29, 0.717) is 0 Å². The SMILES string of the molecule is COC(=O)C(C)N1CC[CH]CC1. The van der Waals surface area contributed by atoms with Gasteiger partial charge in [0.15, 0.2) is 0 Å². The van der Waals surface area contributed by atoms with Gasteiger partial charge in [0, 0.05) is 0 Å². The van der Waals surface area contributed by atoms with Crippen LogP contribution in [0.3, 0.4) is 0 Å². The maximum atomic E-state index is 11.1. The molecule has 1 saturated heterocycles. The molecule has 1 fully saturated rings. The van der Waals surface area contributed by atoms with Gasteiger partial charge in [0.1, 0.15) is 6.04 Å². The first-order valence-electron chi connectivity index (χ1n) is 4.39. The maximum absolute atomic E-state index is 11.1. The number of rotatable bonds is 2. The van der Waals surface area contributed by atoms with E-state index in [0.717, 1.165) is 25.9 Å². The first kappa shape index (κ1) is 9.52. The summed E-state index contributed by atoms with van der Waals surface area (Å²) in [4.78, 5) is 13.3. The molecule has 1 heterocycles. The van der Waals surface area contributed by atoms with Gasteiger partial charge in [-0.25, -0.2) is 0 Å². The number of likely N-dealkylation sites (tertiary alicyclic amines) is 1. The molecule has 1 radical (unpaired) electrons. The second-order valence-electron chi connectivity index (χ2n) is 3.10. The lowest BCUT2D eigenvalue weighted by atomic mass is 10.1. The second-order valence-corrected chi connectivity index (χ2v) is 3.10. The number of carbonyl (C=O) groups is 1.